The Labute approximate surface area is 114 Å². The quantitative estimate of drug-likeness (QED) is 0.682. The molecule has 1 unspecified atom stereocenters. The summed E-state index contributed by atoms with van der Waals surface area (Å²) in [4.78, 5) is 0. The van der Waals surface area contributed by atoms with Crippen LogP contribution in [0.15, 0.2) is 23.0 Å². The number of alkyl halides is 1. The Morgan fingerprint density at radius 2 is 1.39 bits per heavy atom. The Kier molecular flexibility index (Phi) is 3.54. The van der Waals surface area contributed by atoms with E-state index in [0.29, 0.717) is 0 Å². The molecule has 96 valence electrons. The van der Waals surface area contributed by atoms with Gasteiger partial charge >= 0.3 is 0 Å². The Morgan fingerprint density at radius 3 is 1.83 bits per heavy atom. The zero-order valence-corrected chi connectivity index (χ0v) is 12.4. The van der Waals surface area contributed by atoms with Gasteiger partial charge in [-0.15, -0.1) is 11.6 Å². The van der Waals surface area contributed by atoms with Crippen molar-refractivity contribution in [3.8, 4) is 0 Å². The molecule has 1 aromatic heterocycles. The van der Waals surface area contributed by atoms with E-state index in [9.17, 15) is 0 Å². The third-order valence-corrected chi connectivity index (χ3v) is 4.62. The average Bonchev–Trinajstić information content (AvgIpc) is 2.88. The van der Waals surface area contributed by atoms with Crippen LogP contribution in [0.4, 0.5) is 0 Å². The lowest BCUT2D eigenvalue weighted by molar-refractivity contribution is 0.564. The van der Waals surface area contributed by atoms with Gasteiger partial charge in [0.15, 0.2) is 0 Å². The lowest BCUT2D eigenvalue weighted by Crippen LogP contribution is -2.05. The van der Waals surface area contributed by atoms with Crippen LogP contribution in [-0.2, 0) is 0 Å². The highest BCUT2D eigenvalue weighted by Gasteiger charge is 2.20. The highest BCUT2D eigenvalue weighted by Crippen LogP contribution is 2.37. The minimum Gasteiger partial charge on any atom is -0.472 e. The second-order valence-electron chi connectivity index (χ2n) is 4.96. The van der Waals surface area contributed by atoms with Crippen LogP contribution in [-0.4, -0.2) is 0 Å². The standard InChI is InChI=1S/C16H19ClO/c1-9-10(2)12(4)15(13(5)11(9)3)16(17)14-6-7-18-8-14/h6-8,16H,1-5H3. The Bertz CT molecular complexity index is 538. The molecule has 18 heavy (non-hydrogen) atoms. The zero-order chi connectivity index (χ0) is 13.4. The van der Waals surface area contributed by atoms with Crippen molar-refractivity contribution in [2.24, 2.45) is 0 Å². The summed E-state index contributed by atoms with van der Waals surface area (Å²) in [6, 6.07) is 1.93. The van der Waals surface area contributed by atoms with Gasteiger partial charge in [-0.1, -0.05) is 0 Å². The second kappa shape index (κ2) is 4.81. The Hall–Kier alpha value is -1.21. The molecule has 1 nitrogen and oxygen atoms in total. The minimum atomic E-state index is -0.137. The SMILES string of the molecule is Cc1c(C)c(C)c(C(Cl)c2ccoc2)c(C)c1C. The van der Waals surface area contributed by atoms with E-state index in [1.54, 1.807) is 12.5 Å². The van der Waals surface area contributed by atoms with Crippen LogP contribution in [0.3, 0.4) is 0 Å². The smallest absolute Gasteiger partial charge is 0.0952 e. The summed E-state index contributed by atoms with van der Waals surface area (Å²) in [5.41, 5.74) is 8.85. The second-order valence-corrected chi connectivity index (χ2v) is 5.39. The molecule has 0 aliphatic heterocycles. The van der Waals surface area contributed by atoms with Gasteiger partial charge in [-0.3, -0.25) is 0 Å². The highest BCUT2D eigenvalue weighted by atomic mass is 35.5. The van der Waals surface area contributed by atoms with Gasteiger partial charge in [0.1, 0.15) is 0 Å². The monoisotopic (exact) mass is 262 g/mol. The van der Waals surface area contributed by atoms with Crippen LogP contribution in [0.5, 0.6) is 0 Å². The van der Waals surface area contributed by atoms with Gasteiger partial charge in [0, 0.05) is 5.56 Å². The molecule has 0 aliphatic carbocycles. The molecule has 2 rings (SSSR count). The van der Waals surface area contributed by atoms with Gasteiger partial charge in [-0.05, 0) is 74.1 Å². The molecule has 1 heterocycles. The van der Waals surface area contributed by atoms with Crippen molar-refractivity contribution in [1.82, 2.24) is 0 Å². The van der Waals surface area contributed by atoms with Crippen molar-refractivity contribution in [2.45, 2.75) is 40.0 Å². The van der Waals surface area contributed by atoms with Crippen molar-refractivity contribution < 1.29 is 4.42 Å². The first kappa shape index (κ1) is 13.2. The number of benzene rings is 1. The van der Waals surface area contributed by atoms with Crippen LogP contribution in [0, 0.1) is 34.6 Å². The van der Waals surface area contributed by atoms with E-state index in [1.807, 2.05) is 6.07 Å². The first-order chi connectivity index (χ1) is 8.45. The molecular formula is C16H19ClO. The fourth-order valence-electron chi connectivity index (χ4n) is 2.50. The molecule has 2 heteroatoms. The maximum absolute atomic E-state index is 6.62. The number of hydrogen-bond donors (Lipinski definition) is 0. The van der Waals surface area contributed by atoms with E-state index >= 15 is 0 Å². The third-order valence-electron chi connectivity index (χ3n) is 4.15. The molecule has 1 aromatic carbocycles. The molecule has 0 spiro atoms. The Balaban J connectivity index is 2.65. The maximum Gasteiger partial charge on any atom is 0.0952 e. The van der Waals surface area contributed by atoms with E-state index < -0.39 is 0 Å². The van der Waals surface area contributed by atoms with E-state index in [1.165, 1.54) is 33.4 Å². The summed E-state index contributed by atoms with van der Waals surface area (Å²) >= 11 is 6.62. The van der Waals surface area contributed by atoms with Crippen LogP contribution < -0.4 is 0 Å². The van der Waals surface area contributed by atoms with Gasteiger partial charge in [-0.25, -0.2) is 0 Å². The van der Waals surface area contributed by atoms with Crippen LogP contribution in [0.2, 0.25) is 0 Å². The van der Waals surface area contributed by atoms with E-state index in [4.69, 9.17) is 16.0 Å². The van der Waals surface area contributed by atoms with Crippen molar-refractivity contribution in [3.05, 3.63) is 57.5 Å². The largest absolute Gasteiger partial charge is 0.472 e. The minimum absolute atomic E-state index is 0.137. The average molecular weight is 263 g/mol. The summed E-state index contributed by atoms with van der Waals surface area (Å²) < 4.78 is 5.14. The van der Waals surface area contributed by atoms with Crippen LogP contribution in [0.25, 0.3) is 0 Å². The predicted molar refractivity (Wildman–Crippen MR) is 76.5 cm³/mol. The summed E-state index contributed by atoms with van der Waals surface area (Å²) in [6.07, 6.45) is 3.39. The molecule has 0 saturated heterocycles. The molecule has 1 atom stereocenters. The van der Waals surface area contributed by atoms with E-state index in [2.05, 4.69) is 34.6 Å². The fourth-order valence-corrected chi connectivity index (χ4v) is 2.95. The molecule has 2 aromatic rings. The van der Waals surface area contributed by atoms with Gasteiger partial charge in [-0.2, -0.15) is 0 Å². The van der Waals surface area contributed by atoms with Crippen molar-refractivity contribution in [3.63, 3.8) is 0 Å². The molecule has 0 bridgehead atoms. The molecule has 0 saturated carbocycles. The van der Waals surface area contributed by atoms with Crippen molar-refractivity contribution in [1.29, 1.82) is 0 Å². The normalized spacial score (nSPS) is 12.8. The molecule has 0 aliphatic rings. The molecule has 0 radical (unpaired) electrons. The molecule has 0 N–H and O–H groups in total. The summed E-state index contributed by atoms with van der Waals surface area (Å²) in [7, 11) is 0. The van der Waals surface area contributed by atoms with Gasteiger partial charge in [0.05, 0.1) is 17.9 Å². The highest BCUT2D eigenvalue weighted by molar-refractivity contribution is 6.22. The fraction of sp³-hybridized carbons (Fsp3) is 0.375. The predicted octanol–water partition coefficient (Wildman–Crippen LogP) is 5.15. The summed E-state index contributed by atoms with van der Waals surface area (Å²) in [6.45, 7) is 10.8. The molecular weight excluding hydrogens is 244 g/mol. The van der Waals surface area contributed by atoms with Crippen LogP contribution >= 0.6 is 11.6 Å². The topological polar surface area (TPSA) is 13.1 Å². The van der Waals surface area contributed by atoms with Gasteiger partial charge in [0.25, 0.3) is 0 Å². The number of hydrogen-bond acceptors (Lipinski definition) is 1. The molecule has 0 fully saturated rings. The van der Waals surface area contributed by atoms with Crippen molar-refractivity contribution in [2.75, 3.05) is 0 Å². The first-order valence-corrected chi connectivity index (χ1v) is 6.61. The third kappa shape index (κ3) is 1.97. The van der Waals surface area contributed by atoms with E-state index in [-0.39, 0.29) is 5.38 Å². The maximum atomic E-state index is 6.62. The van der Waals surface area contributed by atoms with Crippen molar-refractivity contribution >= 4 is 11.6 Å². The summed E-state index contributed by atoms with van der Waals surface area (Å²) in [5.74, 6) is 0. The Morgan fingerprint density at radius 1 is 0.889 bits per heavy atom. The number of furan rings is 1. The summed E-state index contributed by atoms with van der Waals surface area (Å²) in [5, 5.41) is -0.137. The van der Waals surface area contributed by atoms with Crippen LogP contribution in [0.1, 0.15) is 44.3 Å². The van der Waals surface area contributed by atoms with Gasteiger partial charge in [0.2, 0.25) is 0 Å². The van der Waals surface area contributed by atoms with E-state index in [0.717, 1.165) is 5.56 Å². The zero-order valence-electron chi connectivity index (χ0n) is 11.6. The number of halogens is 1. The number of rotatable bonds is 2. The first-order valence-electron chi connectivity index (χ1n) is 6.18. The lowest BCUT2D eigenvalue weighted by atomic mass is 9.87. The molecule has 0 amide bonds. The van der Waals surface area contributed by atoms with Gasteiger partial charge < -0.3 is 4.42 Å². The lowest BCUT2D eigenvalue weighted by Gasteiger charge is -2.21.